The Bertz CT molecular complexity index is 584. The number of rotatable bonds is 3. The topological polar surface area (TPSA) is 12.0 Å². The van der Waals surface area contributed by atoms with Crippen molar-refractivity contribution in [3.63, 3.8) is 0 Å². The predicted octanol–water partition coefficient (Wildman–Crippen LogP) is 5.55. The fourth-order valence-electron chi connectivity index (χ4n) is 1.78. The van der Waals surface area contributed by atoms with Crippen LogP contribution in [0, 0.1) is 11.6 Å². The highest BCUT2D eigenvalue weighted by atomic mass is 79.9. The number of para-hydroxylation sites is 1. The van der Waals surface area contributed by atoms with Crippen molar-refractivity contribution in [3.8, 4) is 0 Å². The van der Waals surface area contributed by atoms with E-state index in [1.807, 2.05) is 0 Å². The third kappa shape index (κ3) is 3.25. The molecular formula is C14H11BrClF2N. The van der Waals surface area contributed by atoms with Crippen LogP contribution in [0.3, 0.4) is 0 Å². The first kappa shape index (κ1) is 14.3. The molecule has 5 heteroatoms. The molecule has 0 bridgehead atoms. The Labute approximate surface area is 123 Å². The summed E-state index contributed by atoms with van der Waals surface area (Å²) in [5.41, 5.74) is 0.626. The van der Waals surface area contributed by atoms with E-state index in [0.29, 0.717) is 10.0 Å². The minimum atomic E-state index is -0.461. The van der Waals surface area contributed by atoms with E-state index in [4.69, 9.17) is 11.6 Å². The van der Waals surface area contributed by atoms with E-state index in [2.05, 4.69) is 21.2 Å². The Balaban J connectivity index is 2.28. The lowest BCUT2D eigenvalue weighted by molar-refractivity contribution is 0.595. The molecule has 2 rings (SSSR count). The number of anilines is 1. The van der Waals surface area contributed by atoms with Crippen LogP contribution in [-0.4, -0.2) is 0 Å². The third-order valence-corrected chi connectivity index (χ3v) is 3.56. The van der Waals surface area contributed by atoms with Gasteiger partial charge >= 0.3 is 0 Å². The first-order valence-corrected chi connectivity index (χ1v) is 6.81. The van der Waals surface area contributed by atoms with Crippen molar-refractivity contribution in [2.24, 2.45) is 0 Å². The van der Waals surface area contributed by atoms with Crippen LogP contribution in [0.5, 0.6) is 0 Å². The second-order valence-electron chi connectivity index (χ2n) is 4.13. The monoisotopic (exact) mass is 345 g/mol. The van der Waals surface area contributed by atoms with Gasteiger partial charge < -0.3 is 5.32 Å². The molecule has 1 N–H and O–H groups in total. The van der Waals surface area contributed by atoms with Crippen LogP contribution in [0.4, 0.5) is 14.5 Å². The molecule has 1 unspecified atom stereocenters. The summed E-state index contributed by atoms with van der Waals surface area (Å²) in [6, 6.07) is 8.76. The zero-order valence-corrected chi connectivity index (χ0v) is 12.4. The maximum absolute atomic E-state index is 13.8. The zero-order valence-electron chi connectivity index (χ0n) is 10.1. The largest absolute Gasteiger partial charge is 0.375 e. The van der Waals surface area contributed by atoms with Crippen molar-refractivity contribution in [3.05, 3.63) is 63.1 Å². The average molecular weight is 347 g/mol. The molecule has 2 aromatic carbocycles. The summed E-state index contributed by atoms with van der Waals surface area (Å²) in [7, 11) is 0. The molecule has 0 aliphatic heterocycles. The van der Waals surface area contributed by atoms with Crippen LogP contribution >= 0.6 is 27.5 Å². The fraction of sp³-hybridized carbons (Fsp3) is 0.143. The molecule has 19 heavy (non-hydrogen) atoms. The van der Waals surface area contributed by atoms with Gasteiger partial charge in [0.15, 0.2) is 0 Å². The lowest BCUT2D eigenvalue weighted by Crippen LogP contribution is -2.10. The first-order valence-electron chi connectivity index (χ1n) is 5.64. The highest BCUT2D eigenvalue weighted by Gasteiger charge is 2.14. The fourth-order valence-corrected chi connectivity index (χ4v) is 2.33. The highest BCUT2D eigenvalue weighted by Crippen LogP contribution is 2.30. The van der Waals surface area contributed by atoms with Crippen molar-refractivity contribution >= 4 is 33.2 Å². The molecule has 100 valence electrons. The van der Waals surface area contributed by atoms with E-state index >= 15 is 0 Å². The quantitative estimate of drug-likeness (QED) is 0.768. The van der Waals surface area contributed by atoms with Crippen molar-refractivity contribution < 1.29 is 8.78 Å². The smallest absolute Gasteiger partial charge is 0.147 e. The summed E-state index contributed by atoms with van der Waals surface area (Å²) in [6.45, 7) is 1.75. The van der Waals surface area contributed by atoms with Gasteiger partial charge in [0, 0.05) is 10.0 Å². The van der Waals surface area contributed by atoms with Gasteiger partial charge in [0.25, 0.3) is 0 Å². The van der Waals surface area contributed by atoms with Crippen LogP contribution in [0.15, 0.2) is 40.9 Å². The van der Waals surface area contributed by atoms with Gasteiger partial charge in [-0.2, -0.15) is 0 Å². The van der Waals surface area contributed by atoms with E-state index in [1.165, 1.54) is 18.2 Å². The summed E-state index contributed by atoms with van der Waals surface area (Å²) < 4.78 is 28.1. The van der Waals surface area contributed by atoms with Crippen LogP contribution < -0.4 is 5.32 Å². The second-order valence-corrected chi connectivity index (χ2v) is 5.45. The number of nitrogens with one attached hydrogen (secondary N) is 1. The van der Waals surface area contributed by atoms with Gasteiger partial charge in [-0.3, -0.25) is 0 Å². The molecule has 0 saturated heterocycles. The lowest BCUT2D eigenvalue weighted by Gasteiger charge is -2.18. The lowest BCUT2D eigenvalue weighted by atomic mass is 10.1. The van der Waals surface area contributed by atoms with E-state index in [-0.39, 0.29) is 16.5 Å². The van der Waals surface area contributed by atoms with Gasteiger partial charge in [0.2, 0.25) is 0 Å². The average Bonchev–Trinajstić information content (AvgIpc) is 2.33. The minimum absolute atomic E-state index is 0.180. The van der Waals surface area contributed by atoms with Gasteiger partial charge in [-0.15, -0.1) is 0 Å². The Morgan fingerprint density at radius 1 is 1.16 bits per heavy atom. The number of hydrogen-bond donors (Lipinski definition) is 1. The standard InChI is InChI=1S/C14H11BrClF2N/c1-8(10-6-5-9(15)7-13(10)18)19-14-11(16)3-2-4-12(14)17/h2-8,19H,1H3. The van der Waals surface area contributed by atoms with E-state index in [1.54, 1.807) is 25.1 Å². The summed E-state index contributed by atoms with van der Waals surface area (Å²) >= 11 is 9.12. The molecule has 0 aromatic heterocycles. The molecule has 0 radical (unpaired) electrons. The van der Waals surface area contributed by atoms with Crippen LogP contribution in [0.1, 0.15) is 18.5 Å². The molecule has 0 amide bonds. The van der Waals surface area contributed by atoms with Gasteiger partial charge in [0.1, 0.15) is 11.6 Å². The van der Waals surface area contributed by atoms with Crippen LogP contribution in [0.2, 0.25) is 5.02 Å². The maximum atomic E-state index is 13.8. The molecule has 0 aliphatic rings. The first-order chi connectivity index (χ1) is 8.99. The van der Waals surface area contributed by atoms with E-state index in [0.717, 1.165) is 0 Å². The van der Waals surface area contributed by atoms with Crippen molar-refractivity contribution in [2.45, 2.75) is 13.0 Å². The van der Waals surface area contributed by atoms with Gasteiger partial charge in [-0.1, -0.05) is 39.7 Å². The number of benzene rings is 2. The SMILES string of the molecule is CC(Nc1c(F)cccc1Cl)c1ccc(Br)cc1F. The normalized spacial score (nSPS) is 12.3. The highest BCUT2D eigenvalue weighted by molar-refractivity contribution is 9.10. The van der Waals surface area contributed by atoms with Gasteiger partial charge in [-0.05, 0) is 31.2 Å². The minimum Gasteiger partial charge on any atom is -0.375 e. The van der Waals surface area contributed by atoms with E-state index < -0.39 is 11.9 Å². The van der Waals surface area contributed by atoms with Crippen molar-refractivity contribution in [1.82, 2.24) is 0 Å². The second kappa shape index (κ2) is 5.88. The predicted molar refractivity (Wildman–Crippen MR) is 77.5 cm³/mol. The Morgan fingerprint density at radius 2 is 1.89 bits per heavy atom. The third-order valence-electron chi connectivity index (χ3n) is 2.75. The van der Waals surface area contributed by atoms with Crippen LogP contribution in [-0.2, 0) is 0 Å². The van der Waals surface area contributed by atoms with Gasteiger partial charge in [0.05, 0.1) is 16.8 Å². The molecule has 1 nitrogen and oxygen atoms in total. The summed E-state index contributed by atoms with van der Waals surface area (Å²) in [6.07, 6.45) is 0. The molecule has 0 saturated carbocycles. The Hall–Kier alpha value is -1.13. The molecule has 1 atom stereocenters. The molecule has 0 spiro atoms. The molecular weight excluding hydrogens is 336 g/mol. The maximum Gasteiger partial charge on any atom is 0.147 e. The Morgan fingerprint density at radius 3 is 2.53 bits per heavy atom. The van der Waals surface area contributed by atoms with Crippen LogP contribution in [0.25, 0.3) is 0 Å². The zero-order chi connectivity index (χ0) is 14.0. The number of hydrogen-bond acceptors (Lipinski definition) is 1. The summed E-state index contributed by atoms with van der Waals surface area (Å²) in [4.78, 5) is 0. The van der Waals surface area contributed by atoms with Crippen molar-refractivity contribution in [1.29, 1.82) is 0 Å². The summed E-state index contributed by atoms with van der Waals surface area (Å²) in [5, 5.41) is 3.16. The van der Waals surface area contributed by atoms with Crippen molar-refractivity contribution in [2.75, 3.05) is 5.32 Å². The molecule has 0 aliphatic carbocycles. The number of halogens is 4. The molecule has 0 heterocycles. The Kier molecular flexibility index (Phi) is 4.42. The summed E-state index contributed by atoms with van der Waals surface area (Å²) in [5.74, 6) is -0.821. The van der Waals surface area contributed by atoms with Gasteiger partial charge in [-0.25, -0.2) is 8.78 Å². The molecule has 0 fully saturated rings. The molecule has 2 aromatic rings. The van der Waals surface area contributed by atoms with E-state index in [9.17, 15) is 8.78 Å².